The monoisotopic (exact) mass is 337 g/mol. The summed E-state index contributed by atoms with van der Waals surface area (Å²) in [5.41, 5.74) is 3.79. The quantitative estimate of drug-likeness (QED) is 0.777. The summed E-state index contributed by atoms with van der Waals surface area (Å²) >= 11 is 0. The number of amides is 1. The lowest BCUT2D eigenvalue weighted by Crippen LogP contribution is -2.41. The Balaban J connectivity index is 1.83. The zero-order valence-electron chi connectivity index (χ0n) is 14.9. The van der Waals surface area contributed by atoms with Crippen molar-refractivity contribution in [3.8, 4) is 5.75 Å². The number of aromatic hydroxyl groups is 1. The number of carbonyl (C=O) groups is 1. The van der Waals surface area contributed by atoms with Crippen LogP contribution in [0.2, 0.25) is 0 Å². The molecule has 0 saturated carbocycles. The summed E-state index contributed by atoms with van der Waals surface area (Å²) < 4.78 is 4.26. The summed E-state index contributed by atoms with van der Waals surface area (Å²) in [4.78, 5) is 15.5. The van der Waals surface area contributed by atoms with E-state index in [4.69, 9.17) is 0 Å². The van der Waals surface area contributed by atoms with Crippen LogP contribution in [0.4, 0.5) is 0 Å². The number of carbonyl (C=O) groups excluding carboxylic acids is 1. The number of hydrogen-bond acceptors (Lipinski definition) is 2. The average Bonchev–Trinajstić information content (AvgIpc) is 3.17. The smallest absolute Gasteiger partial charge is 0.256 e. The molecule has 0 saturated heterocycles. The third kappa shape index (κ3) is 2.26. The minimum Gasteiger partial charge on any atom is -0.508 e. The average molecular weight is 337 g/mol. The van der Waals surface area contributed by atoms with Crippen LogP contribution in [-0.2, 0) is 13.6 Å². The molecule has 1 amide bonds. The van der Waals surface area contributed by atoms with Gasteiger partial charge in [-0.1, -0.05) is 6.92 Å². The molecule has 1 N–H and O–H groups in total. The van der Waals surface area contributed by atoms with Gasteiger partial charge >= 0.3 is 0 Å². The summed E-state index contributed by atoms with van der Waals surface area (Å²) in [7, 11) is 1.96. The summed E-state index contributed by atoms with van der Waals surface area (Å²) in [6, 6.07) is 9.47. The van der Waals surface area contributed by atoms with Crippen molar-refractivity contribution in [1.29, 1.82) is 0 Å². The van der Waals surface area contributed by atoms with E-state index in [1.54, 1.807) is 12.1 Å². The highest BCUT2D eigenvalue weighted by molar-refractivity contribution is 6.09. The molecule has 0 spiro atoms. The van der Waals surface area contributed by atoms with Crippen LogP contribution >= 0.6 is 0 Å². The number of hydrogen-bond donors (Lipinski definition) is 1. The minimum absolute atomic E-state index is 0.0491. The van der Waals surface area contributed by atoms with Crippen molar-refractivity contribution < 1.29 is 9.90 Å². The van der Waals surface area contributed by atoms with Crippen LogP contribution in [0.15, 0.2) is 36.5 Å². The van der Waals surface area contributed by atoms with Gasteiger partial charge in [-0.3, -0.25) is 4.79 Å². The molecule has 0 bridgehead atoms. The summed E-state index contributed by atoms with van der Waals surface area (Å²) in [6.07, 6.45) is 2.96. The van der Waals surface area contributed by atoms with Gasteiger partial charge in [-0.05, 0) is 43.7 Å². The van der Waals surface area contributed by atoms with Gasteiger partial charge < -0.3 is 19.1 Å². The van der Waals surface area contributed by atoms with Gasteiger partial charge in [0, 0.05) is 48.6 Å². The third-order valence-electron chi connectivity index (χ3n) is 5.50. The van der Waals surface area contributed by atoms with Gasteiger partial charge in [-0.2, -0.15) is 0 Å². The maximum absolute atomic E-state index is 13.5. The largest absolute Gasteiger partial charge is 0.508 e. The van der Waals surface area contributed by atoms with Crippen LogP contribution in [0.5, 0.6) is 5.75 Å². The maximum Gasteiger partial charge on any atom is 0.256 e. The van der Waals surface area contributed by atoms with Gasteiger partial charge in [0.05, 0.1) is 11.6 Å². The zero-order chi connectivity index (χ0) is 17.7. The Morgan fingerprint density at radius 1 is 1.28 bits per heavy atom. The number of aryl methyl sites for hydroxylation is 1. The van der Waals surface area contributed by atoms with Crippen LogP contribution in [0.1, 0.15) is 41.1 Å². The predicted octanol–water partition coefficient (Wildman–Crippen LogP) is 3.60. The van der Waals surface area contributed by atoms with Crippen LogP contribution in [0.25, 0.3) is 10.9 Å². The van der Waals surface area contributed by atoms with Crippen molar-refractivity contribution in [2.75, 3.05) is 6.54 Å². The molecular weight excluding hydrogens is 314 g/mol. The first-order valence-electron chi connectivity index (χ1n) is 8.77. The van der Waals surface area contributed by atoms with Gasteiger partial charge in [-0.15, -0.1) is 0 Å². The van der Waals surface area contributed by atoms with E-state index in [-0.39, 0.29) is 17.7 Å². The number of phenols is 1. The Bertz CT molecular complexity index is 967. The van der Waals surface area contributed by atoms with Gasteiger partial charge in [0.25, 0.3) is 5.91 Å². The second-order valence-electron chi connectivity index (χ2n) is 6.77. The Hall–Kier alpha value is -2.69. The van der Waals surface area contributed by atoms with Crippen molar-refractivity contribution in [2.45, 2.75) is 32.9 Å². The fraction of sp³-hybridized carbons (Fsp3) is 0.350. The molecule has 25 heavy (non-hydrogen) atoms. The van der Waals surface area contributed by atoms with Crippen LogP contribution in [0, 0.1) is 6.92 Å². The zero-order valence-corrected chi connectivity index (χ0v) is 14.9. The normalized spacial score (nSPS) is 17.1. The molecular formula is C20H23N3O2. The first-order valence-corrected chi connectivity index (χ1v) is 8.77. The minimum atomic E-state index is 0.0491. The molecule has 1 aromatic carbocycles. The van der Waals surface area contributed by atoms with E-state index in [2.05, 4.69) is 23.8 Å². The number of phenolic OH excluding ortho intramolecular Hbond substituents is 1. The number of aromatic nitrogens is 2. The van der Waals surface area contributed by atoms with Gasteiger partial charge in [-0.25, -0.2) is 0 Å². The van der Waals surface area contributed by atoms with E-state index < -0.39 is 0 Å². The van der Waals surface area contributed by atoms with Crippen molar-refractivity contribution in [2.24, 2.45) is 7.05 Å². The Morgan fingerprint density at radius 3 is 2.84 bits per heavy atom. The van der Waals surface area contributed by atoms with E-state index in [1.165, 1.54) is 5.69 Å². The lowest BCUT2D eigenvalue weighted by Gasteiger charge is -2.36. The molecule has 0 unspecified atom stereocenters. The summed E-state index contributed by atoms with van der Waals surface area (Å²) in [6.45, 7) is 5.61. The van der Waals surface area contributed by atoms with E-state index >= 15 is 0 Å². The number of benzene rings is 1. The SMILES string of the molecule is CC[C@@H]1c2cccn2CCN1C(=O)c1c(C)n(C)c2ccc(O)cc12. The molecule has 4 rings (SSSR count). The fourth-order valence-electron chi connectivity index (χ4n) is 4.11. The van der Waals surface area contributed by atoms with Crippen molar-refractivity contribution in [1.82, 2.24) is 14.0 Å². The topological polar surface area (TPSA) is 50.4 Å². The maximum atomic E-state index is 13.5. The molecule has 1 aliphatic heterocycles. The second-order valence-corrected chi connectivity index (χ2v) is 6.77. The highest BCUT2D eigenvalue weighted by Crippen LogP contribution is 2.34. The lowest BCUT2D eigenvalue weighted by atomic mass is 10.0. The van der Waals surface area contributed by atoms with E-state index in [0.29, 0.717) is 12.1 Å². The van der Waals surface area contributed by atoms with Crippen molar-refractivity contribution in [3.05, 3.63) is 53.5 Å². The highest BCUT2D eigenvalue weighted by atomic mass is 16.3. The van der Waals surface area contributed by atoms with Crippen LogP contribution in [-0.4, -0.2) is 31.6 Å². The Morgan fingerprint density at radius 2 is 2.08 bits per heavy atom. The van der Waals surface area contributed by atoms with E-state index in [1.807, 2.05) is 35.6 Å². The van der Waals surface area contributed by atoms with Crippen LogP contribution < -0.4 is 0 Å². The fourth-order valence-corrected chi connectivity index (χ4v) is 4.11. The van der Waals surface area contributed by atoms with Crippen molar-refractivity contribution >= 4 is 16.8 Å². The summed E-state index contributed by atoms with van der Waals surface area (Å²) in [5.74, 6) is 0.236. The Kier molecular flexibility index (Phi) is 3.60. The number of fused-ring (bicyclic) bond motifs is 2. The highest BCUT2D eigenvalue weighted by Gasteiger charge is 2.32. The first-order chi connectivity index (χ1) is 12.0. The molecule has 5 nitrogen and oxygen atoms in total. The third-order valence-corrected chi connectivity index (χ3v) is 5.50. The van der Waals surface area contributed by atoms with Gasteiger partial charge in [0.1, 0.15) is 5.75 Å². The molecule has 3 aromatic rings. The van der Waals surface area contributed by atoms with Crippen LogP contribution in [0.3, 0.4) is 0 Å². The second kappa shape index (κ2) is 5.69. The molecule has 1 aliphatic rings. The molecule has 0 fully saturated rings. The Labute approximate surface area is 147 Å². The number of nitrogens with zero attached hydrogens (tertiary/aromatic N) is 3. The van der Waals surface area contributed by atoms with Crippen molar-refractivity contribution in [3.63, 3.8) is 0 Å². The molecule has 5 heteroatoms. The molecule has 0 radical (unpaired) electrons. The van der Waals surface area contributed by atoms with E-state index in [0.717, 1.165) is 29.6 Å². The van der Waals surface area contributed by atoms with E-state index in [9.17, 15) is 9.90 Å². The molecule has 3 heterocycles. The molecule has 2 aromatic heterocycles. The standard InChI is InChI=1S/C20H23N3O2/c1-4-16-18-6-5-9-22(18)10-11-23(16)20(25)19-13(2)21(3)17-8-7-14(24)12-15(17)19/h5-9,12,16,24H,4,10-11H2,1-3H3/t16-/m1/s1. The number of rotatable bonds is 2. The molecule has 0 aliphatic carbocycles. The van der Waals surface area contributed by atoms with Gasteiger partial charge in [0.2, 0.25) is 0 Å². The lowest BCUT2D eigenvalue weighted by molar-refractivity contribution is 0.0619. The van der Waals surface area contributed by atoms with Gasteiger partial charge in [0.15, 0.2) is 0 Å². The predicted molar refractivity (Wildman–Crippen MR) is 97.8 cm³/mol. The summed E-state index contributed by atoms with van der Waals surface area (Å²) in [5, 5.41) is 10.7. The molecule has 1 atom stereocenters. The molecule has 130 valence electrons. The first kappa shape index (κ1) is 15.8.